The quantitative estimate of drug-likeness (QED) is 0.673. The second kappa shape index (κ2) is 7.24. The standard InChI is InChI=1S/C13H30N2/c1-6-9-15(12(7-2)8-3)11-13(4,5)10-14/h12H,6-11,14H2,1-5H3. The van der Waals surface area contributed by atoms with Crippen molar-refractivity contribution in [2.75, 3.05) is 19.6 Å². The number of hydrogen-bond acceptors (Lipinski definition) is 2. The molecule has 0 aromatic heterocycles. The third-order valence-corrected chi connectivity index (χ3v) is 3.15. The van der Waals surface area contributed by atoms with E-state index in [1.807, 2.05) is 0 Å². The second-order valence-corrected chi connectivity index (χ2v) is 5.31. The van der Waals surface area contributed by atoms with Crippen LogP contribution in [0.1, 0.15) is 53.9 Å². The predicted molar refractivity (Wildman–Crippen MR) is 69.1 cm³/mol. The number of hydrogen-bond donors (Lipinski definition) is 1. The predicted octanol–water partition coefficient (Wildman–Crippen LogP) is 2.87. The minimum Gasteiger partial charge on any atom is -0.330 e. The first kappa shape index (κ1) is 14.9. The van der Waals surface area contributed by atoms with Gasteiger partial charge in [0.15, 0.2) is 0 Å². The highest BCUT2D eigenvalue weighted by Crippen LogP contribution is 2.19. The van der Waals surface area contributed by atoms with Gasteiger partial charge in [-0.15, -0.1) is 0 Å². The van der Waals surface area contributed by atoms with Crippen LogP contribution in [0.2, 0.25) is 0 Å². The lowest BCUT2D eigenvalue weighted by Crippen LogP contribution is -2.44. The van der Waals surface area contributed by atoms with Crippen LogP contribution >= 0.6 is 0 Å². The van der Waals surface area contributed by atoms with Crippen LogP contribution in [0.5, 0.6) is 0 Å². The Morgan fingerprint density at radius 1 is 1.13 bits per heavy atom. The van der Waals surface area contributed by atoms with E-state index in [0.717, 1.165) is 19.1 Å². The average molecular weight is 214 g/mol. The molecule has 0 aliphatic rings. The van der Waals surface area contributed by atoms with Crippen LogP contribution in [0.25, 0.3) is 0 Å². The smallest absolute Gasteiger partial charge is 0.00902 e. The van der Waals surface area contributed by atoms with Crippen molar-refractivity contribution in [2.45, 2.75) is 59.9 Å². The molecule has 0 rings (SSSR count). The normalized spacial score (nSPS) is 12.8. The summed E-state index contributed by atoms with van der Waals surface area (Å²) in [7, 11) is 0. The summed E-state index contributed by atoms with van der Waals surface area (Å²) in [5.74, 6) is 0. The molecule has 0 heterocycles. The Morgan fingerprint density at radius 2 is 1.67 bits per heavy atom. The molecule has 0 aromatic rings. The highest BCUT2D eigenvalue weighted by Gasteiger charge is 2.23. The Hall–Kier alpha value is -0.0800. The summed E-state index contributed by atoms with van der Waals surface area (Å²) in [4.78, 5) is 2.62. The van der Waals surface area contributed by atoms with E-state index in [1.165, 1.54) is 25.8 Å². The van der Waals surface area contributed by atoms with Crippen molar-refractivity contribution in [3.05, 3.63) is 0 Å². The highest BCUT2D eigenvalue weighted by molar-refractivity contribution is 4.78. The van der Waals surface area contributed by atoms with Crippen LogP contribution in [0.4, 0.5) is 0 Å². The van der Waals surface area contributed by atoms with E-state index in [-0.39, 0.29) is 5.41 Å². The van der Waals surface area contributed by atoms with E-state index in [0.29, 0.717) is 0 Å². The molecule has 0 unspecified atom stereocenters. The third-order valence-electron chi connectivity index (χ3n) is 3.15. The minimum absolute atomic E-state index is 0.248. The van der Waals surface area contributed by atoms with Gasteiger partial charge in [-0.1, -0.05) is 34.6 Å². The Bertz CT molecular complexity index is 151. The maximum Gasteiger partial charge on any atom is 0.00902 e. The molecular weight excluding hydrogens is 184 g/mol. The van der Waals surface area contributed by atoms with E-state index in [9.17, 15) is 0 Å². The lowest BCUT2D eigenvalue weighted by Gasteiger charge is -2.36. The Labute approximate surface area is 96.2 Å². The summed E-state index contributed by atoms with van der Waals surface area (Å²) in [5.41, 5.74) is 6.05. The summed E-state index contributed by atoms with van der Waals surface area (Å²) >= 11 is 0. The molecule has 2 heteroatoms. The fourth-order valence-electron chi connectivity index (χ4n) is 2.10. The molecule has 92 valence electrons. The van der Waals surface area contributed by atoms with Gasteiger partial charge in [-0.25, -0.2) is 0 Å². The summed E-state index contributed by atoms with van der Waals surface area (Å²) in [5, 5.41) is 0. The van der Waals surface area contributed by atoms with Gasteiger partial charge < -0.3 is 5.73 Å². The summed E-state index contributed by atoms with van der Waals surface area (Å²) < 4.78 is 0. The summed E-state index contributed by atoms with van der Waals surface area (Å²) in [6, 6.07) is 0.732. The van der Waals surface area contributed by atoms with Gasteiger partial charge in [0.25, 0.3) is 0 Å². The molecule has 0 bridgehead atoms. The number of nitrogens with zero attached hydrogens (tertiary/aromatic N) is 1. The van der Waals surface area contributed by atoms with Crippen molar-refractivity contribution in [1.29, 1.82) is 0 Å². The summed E-state index contributed by atoms with van der Waals surface area (Å²) in [6.45, 7) is 14.5. The maximum absolute atomic E-state index is 5.81. The molecule has 0 amide bonds. The topological polar surface area (TPSA) is 29.3 Å². The van der Waals surface area contributed by atoms with Crippen molar-refractivity contribution in [3.63, 3.8) is 0 Å². The van der Waals surface area contributed by atoms with Gasteiger partial charge >= 0.3 is 0 Å². The van der Waals surface area contributed by atoms with Gasteiger partial charge in [0.2, 0.25) is 0 Å². The van der Waals surface area contributed by atoms with Gasteiger partial charge in [0.1, 0.15) is 0 Å². The zero-order valence-electron chi connectivity index (χ0n) is 11.3. The molecule has 2 N–H and O–H groups in total. The molecule has 2 nitrogen and oxygen atoms in total. The van der Waals surface area contributed by atoms with Crippen molar-refractivity contribution in [3.8, 4) is 0 Å². The van der Waals surface area contributed by atoms with Crippen LogP contribution in [0.15, 0.2) is 0 Å². The Morgan fingerprint density at radius 3 is 2.00 bits per heavy atom. The van der Waals surface area contributed by atoms with E-state index < -0.39 is 0 Å². The van der Waals surface area contributed by atoms with Gasteiger partial charge in [-0.2, -0.15) is 0 Å². The van der Waals surface area contributed by atoms with Crippen molar-refractivity contribution >= 4 is 0 Å². The monoisotopic (exact) mass is 214 g/mol. The van der Waals surface area contributed by atoms with Crippen LogP contribution in [-0.4, -0.2) is 30.6 Å². The lowest BCUT2D eigenvalue weighted by molar-refractivity contribution is 0.125. The molecule has 0 radical (unpaired) electrons. The fourth-order valence-corrected chi connectivity index (χ4v) is 2.10. The largest absolute Gasteiger partial charge is 0.330 e. The first-order valence-corrected chi connectivity index (χ1v) is 6.44. The van der Waals surface area contributed by atoms with Crippen molar-refractivity contribution in [2.24, 2.45) is 11.1 Å². The molecule has 15 heavy (non-hydrogen) atoms. The maximum atomic E-state index is 5.81. The van der Waals surface area contributed by atoms with Crippen LogP contribution in [0.3, 0.4) is 0 Å². The molecule has 0 aliphatic heterocycles. The van der Waals surface area contributed by atoms with Gasteiger partial charge in [0.05, 0.1) is 0 Å². The third kappa shape index (κ3) is 5.53. The van der Waals surface area contributed by atoms with E-state index in [1.54, 1.807) is 0 Å². The molecular formula is C13H30N2. The number of rotatable bonds is 8. The molecule has 0 aliphatic carbocycles. The Balaban J connectivity index is 4.37. The first-order valence-electron chi connectivity index (χ1n) is 6.44. The lowest BCUT2D eigenvalue weighted by atomic mass is 9.92. The van der Waals surface area contributed by atoms with E-state index >= 15 is 0 Å². The van der Waals surface area contributed by atoms with Gasteiger partial charge in [0, 0.05) is 12.6 Å². The molecule has 0 spiro atoms. The fraction of sp³-hybridized carbons (Fsp3) is 1.00. The minimum atomic E-state index is 0.248. The first-order chi connectivity index (χ1) is 7.00. The van der Waals surface area contributed by atoms with Gasteiger partial charge in [-0.05, 0) is 37.8 Å². The second-order valence-electron chi connectivity index (χ2n) is 5.31. The van der Waals surface area contributed by atoms with E-state index in [2.05, 4.69) is 39.5 Å². The zero-order chi connectivity index (χ0) is 11.9. The average Bonchev–Trinajstić information content (AvgIpc) is 2.19. The van der Waals surface area contributed by atoms with Crippen molar-refractivity contribution < 1.29 is 0 Å². The van der Waals surface area contributed by atoms with Crippen LogP contribution in [-0.2, 0) is 0 Å². The van der Waals surface area contributed by atoms with Crippen LogP contribution < -0.4 is 5.73 Å². The van der Waals surface area contributed by atoms with E-state index in [4.69, 9.17) is 5.73 Å². The summed E-state index contributed by atoms with van der Waals surface area (Å²) in [6.07, 6.45) is 3.73. The zero-order valence-corrected chi connectivity index (χ0v) is 11.3. The molecule has 0 aromatic carbocycles. The molecule has 0 fully saturated rings. The number of nitrogens with two attached hydrogens (primary N) is 1. The highest BCUT2D eigenvalue weighted by atomic mass is 15.2. The Kier molecular flexibility index (Phi) is 7.20. The SMILES string of the molecule is CCCN(CC(C)(C)CN)C(CC)CC. The van der Waals surface area contributed by atoms with Crippen molar-refractivity contribution in [1.82, 2.24) is 4.90 Å². The molecule has 0 saturated heterocycles. The molecule has 0 atom stereocenters. The van der Waals surface area contributed by atoms with Gasteiger partial charge in [-0.3, -0.25) is 4.90 Å². The molecule has 0 saturated carbocycles. The van der Waals surface area contributed by atoms with Crippen LogP contribution in [0, 0.1) is 5.41 Å².